The molecule has 0 aromatic heterocycles. The maximum Gasteiger partial charge on any atom is 0.270 e. The third kappa shape index (κ3) is 3.51. The summed E-state index contributed by atoms with van der Waals surface area (Å²) in [4.78, 5) is 22.2. The number of nitro benzene ring substituents is 1. The van der Waals surface area contributed by atoms with Crippen molar-refractivity contribution in [2.45, 2.75) is 6.92 Å². The van der Waals surface area contributed by atoms with Gasteiger partial charge in [0.25, 0.3) is 11.6 Å². The number of anilines is 1. The molecule has 2 aromatic rings. The second-order valence-corrected chi connectivity index (χ2v) is 4.37. The minimum Gasteiger partial charge on any atom is -0.507 e. The fourth-order valence-electron chi connectivity index (χ4n) is 1.85. The molecule has 22 heavy (non-hydrogen) atoms. The molecule has 0 fully saturated rings. The molecule has 0 aliphatic rings. The van der Waals surface area contributed by atoms with E-state index in [1.165, 1.54) is 0 Å². The topological polar surface area (TPSA) is 102 Å². The summed E-state index contributed by atoms with van der Waals surface area (Å²) in [6.07, 6.45) is 0. The zero-order valence-corrected chi connectivity index (χ0v) is 11.8. The van der Waals surface area contributed by atoms with Crippen molar-refractivity contribution in [2.24, 2.45) is 0 Å². The Labute approximate surface area is 126 Å². The van der Waals surface area contributed by atoms with Gasteiger partial charge < -0.3 is 15.2 Å². The molecule has 1 amide bonds. The van der Waals surface area contributed by atoms with Crippen LogP contribution < -0.4 is 10.1 Å². The Hall–Kier alpha value is -3.09. The van der Waals surface area contributed by atoms with Crippen LogP contribution in [0, 0.1) is 10.1 Å². The summed E-state index contributed by atoms with van der Waals surface area (Å²) >= 11 is 0. The third-order valence-electron chi connectivity index (χ3n) is 2.84. The van der Waals surface area contributed by atoms with E-state index in [0.717, 1.165) is 18.2 Å². The van der Waals surface area contributed by atoms with Crippen molar-refractivity contribution in [3.63, 3.8) is 0 Å². The zero-order valence-electron chi connectivity index (χ0n) is 11.8. The second kappa shape index (κ2) is 6.57. The van der Waals surface area contributed by atoms with Gasteiger partial charge in [0.05, 0.1) is 17.1 Å². The van der Waals surface area contributed by atoms with Gasteiger partial charge in [-0.3, -0.25) is 14.9 Å². The van der Waals surface area contributed by atoms with E-state index in [1.807, 2.05) is 6.92 Å². The molecule has 114 valence electrons. The number of phenolic OH excluding ortho intramolecular Hbond substituents is 1. The average Bonchev–Trinajstić information content (AvgIpc) is 2.48. The summed E-state index contributed by atoms with van der Waals surface area (Å²) in [6.45, 7) is 2.33. The maximum atomic E-state index is 12.1. The van der Waals surface area contributed by atoms with E-state index >= 15 is 0 Å². The van der Waals surface area contributed by atoms with Crippen LogP contribution in [0.15, 0.2) is 42.5 Å². The van der Waals surface area contributed by atoms with Crippen LogP contribution in [0.4, 0.5) is 11.4 Å². The first-order chi connectivity index (χ1) is 10.5. The molecule has 7 heteroatoms. The van der Waals surface area contributed by atoms with Crippen LogP contribution in [0.25, 0.3) is 0 Å². The molecular weight excluding hydrogens is 288 g/mol. The number of ether oxygens (including phenoxy) is 1. The number of nitrogens with zero attached hydrogens (tertiary/aromatic N) is 1. The van der Waals surface area contributed by atoms with E-state index in [4.69, 9.17) is 4.74 Å². The molecule has 0 radical (unpaired) electrons. The molecule has 0 atom stereocenters. The number of amides is 1. The van der Waals surface area contributed by atoms with E-state index in [0.29, 0.717) is 18.0 Å². The van der Waals surface area contributed by atoms with E-state index in [2.05, 4.69) is 5.32 Å². The summed E-state index contributed by atoms with van der Waals surface area (Å²) in [7, 11) is 0. The molecule has 2 rings (SSSR count). The van der Waals surface area contributed by atoms with Crippen LogP contribution >= 0.6 is 0 Å². The molecule has 0 heterocycles. The van der Waals surface area contributed by atoms with Gasteiger partial charge in [0, 0.05) is 23.9 Å². The minimum absolute atomic E-state index is 0.170. The van der Waals surface area contributed by atoms with Crippen LogP contribution in [0.2, 0.25) is 0 Å². The minimum atomic E-state index is -0.644. The van der Waals surface area contributed by atoms with E-state index < -0.39 is 10.8 Å². The largest absolute Gasteiger partial charge is 0.507 e. The van der Waals surface area contributed by atoms with Crippen LogP contribution in [-0.4, -0.2) is 22.5 Å². The van der Waals surface area contributed by atoms with Gasteiger partial charge in [0.15, 0.2) is 0 Å². The van der Waals surface area contributed by atoms with Gasteiger partial charge in [0.2, 0.25) is 0 Å². The number of non-ortho nitro benzene ring substituents is 1. The molecule has 7 nitrogen and oxygen atoms in total. The molecule has 2 N–H and O–H groups in total. The normalized spacial score (nSPS) is 10.0. The van der Waals surface area contributed by atoms with Gasteiger partial charge in [-0.05, 0) is 25.1 Å². The number of nitrogens with one attached hydrogen (secondary N) is 1. The molecule has 0 spiro atoms. The molecule has 0 unspecified atom stereocenters. The molecule has 0 aliphatic carbocycles. The fraction of sp³-hybridized carbons (Fsp3) is 0.133. The van der Waals surface area contributed by atoms with Crippen molar-refractivity contribution in [1.29, 1.82) is 0 Å². The molecule has 0 saturated carbocycles. The smallest absolute Gasteiger partial charge is 0.270 e. The molecular formula is C15H14N2O5. The lowest BCUT2D eigenvalue weighted by Crippen LogP contribution is -2.12. The van der Waals surface area contributed by atoms with Gasteiger partial charge >= 0.3 is 0 Å². The Morgan fingerprint density at radius 3 is 2.77 bits per heavy atom. The first-order valence-electron chi connectivity index (χ1n) is 6.53. The van der Waals surface area contributed by atoms with Crippen LogP contribution in [0.5, 0.6) is 11.5 Å². The summed E-state index contributed by atoms with van der Waals surface area (Å²) in [5, 5.41) is 23.0. The molecule has 0 saturated heterocycles. The lowest BCUT2D eigenvalue weighted by Gasteiger charge is -2.09. The number of benzene rings is 2. The highest BCUT2D eigenvalue weighted by atomic mass is 16.6. The van der Waals surface area contributed by atoms with Crippen molar-refractivity contribution in [3.8, 4) is 11.5 Å². The van der Waals surface area contributed by atoms with Gasteiger partial charge in [-0.15, -0.1) is 0 Å². The highest BCUT2D eigenvalue weighted by Gasteiger charge is 2.16. The quantitative estimate of drug-likeness (QED) is 0.653. The zero-order chi connectivity index (χ0) is 16.1. The monoisotopic (exact) mass is 302 g/mol. The lowest BCUT2D eigenvalue weighted by molar-refractivity contribution is -0.384. The van der Waals surface area contributed by atoms with Crippen LogP contribution in [0.3, 0.4) is 0 Å². The van der Waals surface area contributed by atoms with Crippen molar-refractivity contribution >= 4 is 17.3 Å². The Morgan fingerprint density at radius 1 is 1.32 bits per heavy atom. The average molecular weight is 302 g/mol. The highest BCUT2D eigenvalue weighted by molar-refractivity contribution is 6.06. The van der Waals surface area contributed by atoms with Gasteiger partial charge in [-0.1, -0.05) is 6.07 Å². The summed E-state index contributed by atoms with van der Waals surface area (Å²) in [5.74, 6) is -0.387. The summed E-state index contributed by atoms with van der Waals surface area (Å²) in [5.41, 5.74) is 0.0175. The van der Waals surface area contributed by atoms with Crippen molar-refractivity contribution in [2.75, 3.05) is 11.9 Å². The highest BCUT2D eigenvalue weighted by Crippen LogP contribution is 2.25. The number of aromatic hydroxyl groups is 1. The van der Waals surface area contributed by atoms with Crippen molar-refractivity contribution in [3.05, 3.63) is 58.1 Å². The summed E-state index contributed by atoms with van der Waals surface area (Å²) in [6, 6.07) is 9.98. The maximum absolute atomic E-state index is 12.1. The Bertz CT molecular complexity index is 715. The Balaban J connectivity index is 2.23. The predicted octanol–water partition coefficient (Wildman–Crippen LogP) is 2.95. The number of carbonyl (C=O) groups excluding carboxylic acids is 1. The standard InChI is InChI=1S/C15H14N2O5/c1-2-22-12-5-3-4-10(8-12)16-15(19)13-9-11(17(20)21)6-7-14(13)18/h3-9,18H,2H2,1H3,(H,16,19). The third-order valence-corrected chi connectivity index (χ3v) is 2.84. The molecule has 2 aromatic carbocycles. The number of phenols is 1. The van der Waals surface area contributed by atoms with E-state index in [-0.39, 0.29) is 17.0 Å². The first kappa shape index (κ1) is 15.3. The molecule has 0 aliphatic heterocycles. The fourth-order valence-corrected chi connectivity index (χ4v) is 1.85. The van der Waals surface area contributed by atoms with Crippen LogP contribution in [-0.2, 0) is 0 Å². The Morgan fingerprint density at radius 2 is 2.09 bits per heavy atom. The van der Waals surface area contributed by atoms with Gasteiger partial charge in [0.1, 0.15) is 11.5 Å². The van der Waals surface area contributed by atoms with Crippen molar-refractivity contribution in [1.82, 2.24) is 0 Å². The molecule has 0 bridgehead atoms. The number of nitro groups is 1. The van der Waals surface area contributed by atoms with E-state index in [9.17, 15) is 20.0 Å². The summed E-state index contributed by atoms with van der Waals surface area (Å²) < 4.78 is 5.32. The van der Waals surface area contributed by atoms with Gasteiger partial charge in [-0.25, -0.2) is 0 Å². The number of hydrogen-bond acceptors (Lipinski definition) is 5. The Kier molecular flexibility index (Phi) is 4.57. The number of hydrogen-bond donors (Lipinski definition) is 2. The van der Waals surface area contributed by atoms with Crippen LogP contribution in [0.1, 0.15) is 17.3 Å². The number of carbonyl (C=O) groups is 1. The second-order valence-electron chi connectivity index (χ2n) is 4.37. The van der Waals surface area contributed by atoms with E-state index in [1.54, 1.807) is 24.3 Å². The SMILES string of the molecule is CCOc1cccc(NC(=O)c2cc([N+](=O)[O-])ccc2O)c1. The first-order valence-corrected chi connectivity index (χ1v) is 6.53. The number of rotatable bonds is 5. The van der Waals surface area contributed by atoms with Gasteiger partial charge in [-0.2, -0.15) is 0 Å². The lowest BCUT2D eigenvalue weighted by atomic mass is 10.1. The van der Waals surface area contributed by atoms with Crippen molar-refractivity contribution < 1.29 is 19.6 Å². The predicted molar refractivity (Wildman–Crippen MR) is 80.3 cm³/mol.